The monoisotopic (exact) mass is 362 g/mol. The molecule has 0 radical (unpaired) electrons. The van der Waals surface area contributed by atoms with Crippen LogP contribution in [0.25, 0.3) is 0 Å². The Hall–Kier alpha value is -2.08. The Morgan fingerprint density at radius 2 is 2.05 bits per heavy atom. The Bertz CT molecular complexity index is 631. The predicted octanol–water partition coefficient (Wildman–Crippen LogP) is 2.72. The van der Waals surface area contributed by atoms with Crippen molar-refractivity contribution in [1.82, 2.24) is 15.6 Å². The third kappa shape index (κ3) is 4.73. The second-order valence-electron chi connectivity index (χ2n) is 4.56. The maximum Gasteiger partial charge on any atom is 0.191 e. The maximum absolute atomic E-state index is 5.36. The summed E-state index contributed by atoms with van der Waals surface area (Å²) >= 11 is 3.47. The first-order chi connectivity index (χ1) is 10.7. The Morgan fingerprint density at radius 1 is 1.23 bits per heavy atom. The van der Waals surface area contributed by atoms with Crippen molar-refractivity contribution in [2.45, 2.75) is 13.1 Å². The number of methoxy groups -OCH3 is 1. The third-order valence-electron chi connectivity index (χ3n) is 3.08. The zero-order chi connectivity index (χ0) is 15.8. The Morgan fingerprint density at radius 3 is 2.73 bits per heavy atom. The maximum atomic E-state index is 5.36. The number of halogens is 1. The molecule has 1 aromatic carbocycles. The van der Waals surface area contributed by atoms with Crippen molar-refractivity contribution < 1.29 is 4.74 Å². The minimum atomic E-state index is 0.616. The quantitative estimate of drug-likeness (QED) is 0.634. The van der Waals surface area contributed by atoms with Crippen LogP contribution in [0, 0.1) is 0 Å². The molecule has 0 aliphatic carbocycles. The van der Waals surface area contributed by atoms with Crippen LogP contribution in [0.3, 0.4) is 0 Å². The summed E-state index contributed by atoms with van der Waals surface area (Å²) in [4.78, 5) is 8.48. The van der Waals surface area contributed by atoms with Crippen LogP contribution in [-0.2, 0) is 13.1 Å². The number of hydrogen-bond donors (Lipinski definition) is 2. The largest absolute Gasteiger partial charge is 0.496 e. The first kappa shape index (κ1) is 16.3. The number of nitrogens with zero attached hydrogens (tertiary/aromatic N) is 2. The second kappa shape index (κ2) is 8.38. The van der Waals surface area contributed by atoms with Gasteiger partial charge in [-0.1, -0.05) is 22.0 Å². The van der Waals surface area contributed by atoms with Crippen molar-refractivity contribution in [3.05, 3.63) is 58.3 Å². The summed E-state index contributed by atoms with van der Waals surface area (Å²) in [5.41, 5.74) is 2.02. The molecule has 2 N–H and O–H groups in total. The van der Waals surface area contributed by atoms with E-state index in [0.29, 0.717) is 19.0 Å². The van der Waals surface area contributed by atoms with Crippen molar-refractivity contribution in [3.63, 3.8) is 0 Å². The molecular weight excluding hydrogens is 344 g/mol. The lowest BCUT2D eigenvalue weighted by atomic mass is 10.2. The number of ether oxygens (including phenoxy) is 1. The molecule has 6 heteroatoms. The number of aromatic nitrogens is 1. The van der Waals surface area contributed by atoms with Gasteiger partial charge in [0.15, 0.2) is 5.96 Å². The molecule has 0 fully saturated rings. The highest BCUT2D eigenvalue weighted by atomic mass is 79.9. The number of pyridine rings is 1. The summed E-state index contributed by atoms with van der Waals surface area (Å²) in [6.07, 6.45) is 1.78. The molecule has 0 atom stereocenters. The van der Waals surface area contributed by atoms with Gasteiger partial charge in [-0.05, 0) is 30.3 Å². The highest BCUT2D eigenvalue weighted by molar-refractivity contribution is 9.10. The Balaban J connectivity index is 1.93. The normalized spacial score (nSPS) is 11.1. The van der Waals surface area contributed by atoms with Gasteiger partial charge in [0.25, 0.3) is 0 Å². The predicted molar refractivity (Wildman–Crippen MR) is 92.0 cm³/mol. The van der Waals surface area contributed by atoms with Crippen LogP contribution in [0.4, 0.5) is 0 Å². The van der Waals surface area contributed by atoms with Crippen molar-refractivity contribution >= 4 is 21.9 Å². The fourth-order valence-electron chi connectivity index (χ4n) is 1.96. The standard InChI is InChI=1S/C16H19BrN4O/c1-18-16(21-11-14-5-3-4-8-19-14)20-10-12-9-13(17)6-7-15(12)22-2/h3-9H,10-11H2,1-2H3,(H2,18,20,21). The van der Waals surface area contributed by atoms with Gasteiger partial charge in [-0.2, -0.15) is 0 Å². The first-order valence-electron chi connectivity index (χ1n) is 6.89. The van der Waals surface area contributed by atoms with Crippen LogP contribution in [0.5, 0.6) is 5.75 Å². The molecule has 22 heavy (non-hydrogen) atoms. The van der Waals surface area contributed by atoms with Crippen molar-refractivity contribution in [1.29, 1.82) is 0 Å². The lowest BCUT2D eigenvalue weighted by Crippen LogP contribution is -2.36. The minimum Gasteiger partial charge on any atom is -0.496 e. The number of guanidine groups is 1. The van der Waals surface area contributed by atoms with Crippen LogP contribution < -0.4 is 15.4 Å². The van der Waals surface area contributed by atoms with Gasteiger partial charge in [0.2, 0.25) is 0 Å². The fourth-order valence-corrected chi connectivity index (χ4v) is 2.37. The molecule has 0 saturated heterocycles. The lowest BCUT2D eigenvalue weighted by molar-refractivity contribution is 0.409. The molecule has 0 spiro atoms. The molecule has 1 heterocycles. The van der Waals surface area contributed by atoms with E-state index in [1.807, 2.05) is 36.4 Å². The van der Waals surface area contributed by atoms with Gasteiger partial charge < -0.3 is 15.4 Å². The summed E-state index contributed by atoms with van der Waals surface area (Å²) < 4.78 is 6.38. The summed E-state index contributed by atoms with van der Waals surface area (Å²) in [7, 11) is 3.41. The van der Waals surface area contributed by atoms with E-state index in [9.17, 15) is 0 Å². The van der Waals surface area contributed by atoms with E-state index in [1.54, 1.807) is 20.4 Å². The minimum absolute atomic E-state index is 0.616. The van der Waals surface area contributed by atoms with Crippen molar-refractivity contribution in [2.75, 3.05) is 14.2 Å². The number of aliphatic imine (C=N–C) groups is 1. The van der Waals surface area contributed by atoms with Crippen LogP contribution in [0.15, 0.2) is 52.1 Å². The average Bonchev–Trinajstić information content (AvgIpc) is 2.56. The lowest BCUT2D eigenvalue weighted by Gasteiger charge is -2.14. The number of benzene rings is 1. The van der Waals surface area contributed by atoms with E-state index in [0.717, 1.165) is 21.5 Å². The van der Waals surface area contributed by atoms with Gasteiger partial charge in [0.05, 0.1) is 19.3 Å². The van der Waals surface area contributed by atoms with Gasteiger partial charge in [0.1, 0.15) is 5.75 Å². The number of nitrogens with one attached hydrogen (secondary N) is 2. The van der Waals surface area contributed by atoms with Crippen LogP contribution in [0.1, 0.15) is 11.3 Å². The molecule has 0 bridgehead atoms. The van der Waals surface area contributed by atoms with Gasteiger partial charge in [0, 0.05) is 29.8 Å². The van der Waals surface area contributed by atoms with Gasteiger partial charge >= 0.3 is 0 Å². The number of rotatable bonds is 5. The van der Waals surface area contributed by atoms with Gasteiger partial charge in [-0.25, -0.2) is 0 Å². The molecule has 0 amide bonds. The summed E-state index contributed by atoms with van der Waals surface area (Å²) in [5.74, 6) is 1.56. The fraction of sp³-hybridized carbons (Fsp3) is 0.250. The molecule has 0 aliphatic rings. The van der Waals surface area contributed by atoms with E-state index in [1.165, 1.54) is 0 Å². The van der Waals surface area contributed by atoms with Gasteiger partial charge in [-0.15, -0.1) is 0 Å². The molecular formula is C16H19BrN4O. The second-order valence-corrected chi connectivity index (χ2v) is 5.47. The molecule has 0 aliphatic heterocycles. The average molecular weight is 363 g/mol. The Kier molecular flexibility index (Phi) is 6.21. The smallest absolute Gasteiger partial charge is 0.191 e. The van der Waals surface area contributed by atoms with Crippen molar-refractivity contribution in [3.8, 4) is 5.75 Å². The Labute approximate surface area is 139 Å². The third-order valence-corrected chi connectivity index (χ3v) is 3.57. The number of hydrogen-bond acceptors (Lipinski definition) is 3. The molecule has 0 saturated carbocycles. The molecule has 116 valence electrons. The highest BCUT2D eigenvalue weighted by Gasteiger charge is 2.05. The highest BCUT2D eigenvalue weighted by Crippen LogP contribution is 2.22. The van der Waals surface area contributed by atoms with E-state index in [2.05, 4.69) is 36.5 Å². The zero-order valence-corrected chi connectivity index (χ0v) is 14.2. The van der Waals surface area contributed by atoms with Gasteiger partial charge in [-0.3, -0.25) is 9.98 Å². The SMILES string of the molecule is CN=C(NCc1ccccn1)NCc1cc(Br)ccc1OC. The van der Waals surface area contributed by atoms with E-state index in [4.69, 9.17) is 4.74 Å². The molecule has 1 aromatic heterocycles. The first-order valence-corrected chi connectivity index (χ1v) is 7.69. The van der Waals surface area contributed by atoms with Crippen LogP contribution in [-0.4, -0.2) is 25.1 Å². The molecule has 0 unspecified atom stereocenters. The zero-order valence-electron chi connectivity index (χ0n) is 12.6. The summed E-state index contributed by atoms with van der Waals surface area (Å²) in [6, 6.07) is 11.7. The summed E-state index contributed by atoms with van der Waals surface area (Å²) in [6.45, 7) is 1.24. The molecule has 5 nitrogen and oxygen atoms in total. The van der Waals surface area contributed by atoms with E-state index < -0.39 is 0 Å². The topological polar surface area (TPSA) is 58.5 Å². The van der Waals surface area contributed by atoms with E-state index >= 15 is 0 Å². The van der Waals surface area contributed by atoms with E-state index in [-0.39, 0.29) is 0 Å². The molecule has 2 aromatic rings. The van der Waals surface area contributed by atoms with Crippen LogP contribution in [0.2, 0.25) is 0 Å². The van der Waals surface area contributed by atoms with Crippen LogP contribution >= 0.6 is 15.9 Å². The van der Waals surface area contributed by atoms with Crippen molar-refractivity contribution in [2.24, 2.45) is 4.99 Å². The molecule has 2 rings (SSSR count). The summed E-state index contributed by atoms with van der Waals surface area (Å²) in [5, 5.41) is 6.50.